The van der Waals surface area contributed by atoms with E-state index in [4.69, 9.17) is 18.9 Å². The third-order valence-corrected chi connectivity index (χ3v) is 10.0. The minimum atomic E-state index is -1.72. The van der Waals surface area contributed by atoms with E-state index in [1.54, 1.807) is 39.1 Å². The van der Waals surface area contributed by atoms with Crippen molar-refractivity contribution in [2.45, 2.75) is 98.1 Å². The van der Waals surface area contributed by atoms with E-state index in [1.807, 2.05) is 20.8 Å². The van der Waals surface area contributed by atoms with Crippen molar-refractivity contribution in [1.82, 2.24) is 4.98 Å². The Kier molecular flexibility index (Phi) is 9.21. The van der Waals surface area contributed by atoms with Crippen LogP contribution in [0.5, 0.6) is 0 Å². The lowest BCUT2D eigenvalue weighted by atomic mass is 9.43. The first kappa shape index (κ1) is 32.4. The topological polar surface area (TPSA) is 138 Å². The number of esters is 4. The second-order valence-corrected chi connectivity index (χ2v) is 13.0. The molecule has 1 unspecified atom stereocenters. The lowest BCUT2D eigenvalue weighted by Gasteiger charge is -2.65. The molecule has 10 nitrogen and oxygen atoms in total. The van der Waals surface area contributed by atoms with E-state index in [2.05, 4.69) is 11.1 Å². The Balaban J connectivity index is 1.83. The number of pyridine rings is 1. The van der Waals surface area contributed by atoms with Gasteiger partial charge in [-0.3, -0.25) is 9.78 Å². The number of allylic oxidation sites excluding steroid dienone is 1. The van der Waals surface area contributed by atoms with E-state index >= 15 is 0 Å². The summed E-state index contributed by atoms with van der Waals surface area (Å²) >= 11 is 0. The summed E-state index contributed by atoms with van der Waals surface area (Å²) in [7, 11) is 0. The number of rotatable bonds is 9. The Hall–Kier alpha value is -3.53. The number of hydrogen-bond donors (Lipinski definition) is 1. The van der Waals surface area contributed by atoms with Gasteiger partial charge in [-0.1, -0.05) is 39.3 Å². The smallest absolute Gasteiger partial charge is 0.348 e. The van der Waals surface area contributed by atoms with Crippen molar-refractivity contribution in [2.75, 3.05) is 6.61 Å². The fraction of sp³-hybridized carbons (Fsp3) is 0.606. The van der Waals surface area contributed by atoms with Gasteiger partial charge >= 0.3 is 23.9 Å². The molecular formula is C33H43NO9. The zero-order chi connectivity index (χ0) is 31.7. The second-order valence-electron chi connectivity index (χ2n) is 13.0. The molecule has 2 aliphatic carbocycles. The van der Waals surface area contributed by atoms with Gasteiger partial charge in [-0.05, 0) is 63.2 Å². The molecule has 1 N–H and O–H groups in total. The second kappa shape index (κ2) is 12.2. The molecule has 0 saturated heterocycles. The largest absolute Gasteiger partial charge is 0.458 e. The zero-order valence-electron chi connectivity index (χ0n) is 26.0. The summed E-state index contributed by atoms with van der Waals surface area (Å²) in [5.74, 6) is -3.15. The van der Waals surface area contributed by atoms with Crippen LogP contribution in [0.3, 0.4) is 0 Å². The molecule has 1 aromatic heterocycles. The third-order valence-electron chi connectivity index (χ3n) is 10.0. The molecule has 7 atom stereocenters. The highest BCUT2D eigenvalue weighted by molar-refractivity contribution is 5.89. The van der Waals surface area contributed by atoms with Crippen molar-refractivity contribution < 1.29 is 43.2 Å². The van der Waals surface area contributed by atoms with Crippen LogP contribution in [0.25, 0.3) is 0 Å². The molecule has 1 saturated carbocycles. The first-order valence-corrected chi connectivity index (χ1v) is 14.9. The lowest BCUT2D eigenvalue weighted by molar-refractivity contribution is -0.277. The number of aromatic nitrogens is 1. The van der Waals surface area contributed by atoms with E-state index in [9.17, 15) is 24.3 Å². The fourth-order valence-corrected chi connectivity index (χ4v) is 7.21. The third kappa shape index (κ3) is 5.98. The summed E-state index contributed by atoms with van der Waals surface area (Å²) in [6.45, 7) is 12.4. The summed E-state index contributed by atoms with van der Waals surface area (Å²) in [5.41, 5.74) is -1.44. The van der Waals surface area contributed by atoms with Crippen LogP contribution < -0.4 is 0 Å². The molecule has 43 heavy (non-hydrogen) atoms. The molecule has 10 heteroatoms. The van der Waals surface area contributed by atoms with Crippen molar-refractivity contribution in [3.8, 4) is 0 Å². The van der Waals surface area contributed by atoms with Crippen molar-refractivity contribution in [1.29, 1.82) is 0 Å². The number of carbonyl (C=O) groups is 4. The van der Waals surface area contributed by atoms with Crippen molar-refractivity contribution >= 4 is 23.9 Å². The minimum absolute atomic E-state index is 0.195. The number of ether oxygens (including phenoxy) is 4. The van der Waals surface area contributed by atoms with Gasteiger partial charge in [0, 0.05) is 42.1 Å². The SMILES string of the molecule is CC(=O)OC(C(=O)O[C@H]1[C@H](OC(=O)c2cccnc2)[C@@]2(C)C(C)=CCC[C@@H]2[C@@](C)(CCC2=CC(=O)OC2)[C@@]1(C)O)C(C)C. The number of fused-ring (bicyclic) bond motifs is 1. The molecular weight excluding hydrogens is 554 g/mol. The number of aliphatic hydroxyl groups is 1. The Bertz CT molecular complexity index is 1320. The molecule has 1 aliphatic heterocycles. The minimum Gasteiger partial charge on any atom is -0.458 e. The van der Waals surface area contributed by atoms with Crippen LogP contribution in [0.4, 0.5) is 0 Å². The molecule has 0 radical (unpaired) electrons. The molecule has 234 valence electrons. The number of nitrogens with zero attached hydrogens (tertiary/aromatic N) is 1. The van der Waals surface area contributed by atoms with Gasteiger partial charge in [-0.2, -0.15) is 0 Å². The highest BCUT2D eigenvalue weighted by Crippen LogP contribution is 2.64. The van der Waals surface area contributed by atoms with Crippen LogP contribution in [0.15, 0.2) is 47.8 Å². The van der Waals surface area contributed by atoms with Gasteiger partial charge in [0.15, 0.2) is 12.2 Å². The summed E-state index contributed by atoms with van der Waals surface area (Å²) in [4.78, 5) is 54.9. The fourth-order valence-electron chi connectivity index (χ4n) is 7.21. The first-order valence-electron chi connectivity index (χ1n) is 14.9. The highest BCUT2D eigenvalue weighted by atomic mass is 16.6. The number of hydrogen-bond acceptors (Lipinski definition) is 10. The van der Waals surface area contributed by atoms with E-state index in [-0.39, 0.29) is 18.1 Å². The molecule has 4 rings (SSSR count). The monoisotopic (exact) mass is 597 g/mol. The van der Waals surface area contributed by atoms with Crippen molar-refractivity contribution in [3.63, 3.8) is 0 Å². The quantitative estimate of drug-likeness (QED) is 0.246. The Morgan fingerprint density at radius 3 is 2.47 bits per heavy atom. The Morgan fingerprint density at radius 1 is 1.16 bits per heavy atom. The molecule has 0 aromatic carbocycles. The van der Waals surface area contributed by atoms with Gasteiger partial charge in [0.1, 0.15) is 12.2 Å². The molecule has 0 bridgehead atoms. The average molecular weight is 598 g/mol. The maximum absolute atomic E-state index is 13.7. The van der Waals surface area contributed by atoms with Crippen LogP contribution in [-0.4, -0.2) is 64.5 Å². The van der Waals surface area contributed by atoms with Crippen molar-refractivity contribution in [2.24, 2.45) is 22.7 Å². The lowest BCUT2D eigenvalue weighted by Crippen LogP contribution is -2.73. The molecule has 1 aromatic rings. The van der Waals surface area contributed by atoms with Gasteiger partial charge in [-0.15, -0.1) is 0 Å². The Labute approximate surface area is 252 Å². The van der Waals surface area contributed by atoms with Crippen LogP contribution in [0, 0.1) is 22.7 Å². The van der Waals surface area contributed by atoms with Gasteiger partial charge < -0.3 is 24.1 Å². The molecule has 0 spiro atoms. The summed E-state index contributed by atoms with van der Waals surface area (Å²) in [6, 6.07) is 3.20. The normalized spacial score (nSPS) is 32.6. The van der Waals surface area contributed by atoms with Crippen LogP contribution >= 0.6 is 0 Å². The van der Waals surface area contributed by atoms with Gasteiger partial charge in [0.05, 0.1) is 5.56 Å². The number of carbonyl (C=O) groups excluding carboxylic acids is 4. The van der Waals surface area contributed by atoms with Gasteiger partial charge in [-0.25, -0.2) is 14.4 Å². The highest BCUT2D eigenvalue weighted by Gasteiger charge is 2.70. The van der Waals surface area contributed by atoms with Gasteiger partial charge in [0.2, 0.25) is 6.10 Å². The first-order chi connectivity index (χ1) is 20.1. The predicted molar refractivity (Wildman–Crippen MR) is 155 cm³/mol. The summed E-state index contributed by atoms with van der Waals surface area (Å²) in [5, 5.41) is 12.6. The van der Waals surface area contributed by atoms with E-state index in [1.165, 1.54) is 19.2 Å². The average Bonchev–Trinajstić information content (AvgIpc) is 3.37. The van der Waals surface area contributed by atoms with Crippen LogP contribution in [-0.2, 0) is 33.3 Å². The van der Waals surface area contributed by atoms with E-state index in [0.29, 0.717) is 19.3 Å². The van der Waals surface area contributed by atoms with Crippen LogP contribution in [0.2, 0.25) is 0 Å². The summed E-state index contributed by atoms with van der Waals surface area (Å²) < 4.78 is 22.8. The van der Waals surface area contributed by atoms with E-state index in [0.717, 1.165) is 17.6 Å². The van der Waals surface area contributed by atoms with Crippen molar-refractivity contribution in [3.05, 3.63) is 53.4 Å². The maximum atomic E-state index is 13.7. The standard InChI is InChI=1S/C33H43NO9/c1-19(2)26(41-21(4)35)30(38)43-28-27(42-29(37)23-11-9-15-34-17-23)32(6)20(3)10-8-12-24(32)31(5,33(28,7)39)14-13-22-16-25(36)40-18-22/h9-11,15-17,19,24,26-28,39H,8,12-14,18H2,1-7H3/t24-,26?,27+,28+,31-,32+,33+/m1/s1. The maximum Gasteiger partial charge on any atom is 0.348 e. The summed E-state index contributed by atoms with van der Waals surface area (Å²) in [6.07, 6.45) is 5.26. The molecule has 2 heterocycles. The Morgan fingerprint density at radius 2 is 1.88 bits per heavy atom. The predicted octanol–water partition coefficient (Wildman–Crippen LogP) is 4.50. The molecule has 0 amide bonds. The van der Waals surface area contributed by atoms with Gasteiger partial charge in [0.25, 0.3) is 0 Å². The molecule has 3 aliphatic rings. The zero-order valence-corrected chi connectivity index (χ0v) is 26.0. The van der Waals surface area contributed by atoms with E-state index < -0.39 is 64.5 Å². The number of cyclic esters (lactones) is 1. The molecule has 1 fully saturated rings. The van der Waals surface area contributed by atoms with Crippen LogP contribution in [0.1, 0.15) is 84.5 Å².